The van der Waals surface area contributed by atoms with Crippen LogP contribution in [0.1, 0.15) is 19.3 Å². The summed E-state index contributed by atoms with van der Waals surface area (Å²) in [7, 11) is 1.40. The number of rotatable bonds is 1. The fourth-order valence-electron chi connectivity index (χ4n) is 2.32. The van der Waals surface area contributed by atoms with Crippen LogP contribution < -0.4 is 16.4 Å². The van der Waals surface area contributed by atoms with Crippen molar-refractivity contribution in [3.05, 3.63) is 0 Å². The molecule has 4 atom stereocenters. The number of nitrogens with one attached hydrogen (secondary N) is 2. The Balaban J connectivity index is 1.95. The van der Waals surface area contributed by atoms with Crippen molar-refractivity contribution in [1.29, 1.82) is 0 Å². The molecule has 0 spiro atoms. The summed E-state index contributed by atoms with van der Waals surface area (Å²) in [5.74, 6) is -0.243. The standard InChI is InChI=1S/C9H17N3O2/c1-14-9(13)8-11-6-3-2-5(10)4-7(6)12-8/h5-8,11-12H,2-4,10H2,1H3. The van der Waals surface area contributed by atoms with Crippen molar-refractivity contribution in [3.8, 4) is 0 Å². The smallest absolute Gasteiger partial charge is 0.337 e. The lowest BCUT2D eigenvalue weighted by atomic mass is 9.88. The quantitative estimate of drug-likeness (QED) is 0.469. The summed E-state index contributed by atoms with van der Waals surface area (Å²) in [5, 5.41) is 6.43. The number of hydrogen-bond donors (Lipinski definition) is 3. The third-order valence-electron chi connectivity index (χ3n) is 3.09. The van der Waals surface area contributed by atoms with Gasteiger partial charge < -0.3 is 10.5 Å². The van der Waals surface area contributed by atoms with Crippen LogP contribution in [0.3, 0.4) is 0 Å². The van der Waals surface area contributed by atoms with Crippen LogP contribution in [0.15, 0.2) is 0 Å². The van der Waals surface area contributed by atoms with Crippen LogP contribution in [0.2, 0.25) is 0 Å². The van der Waals surface area contributed by atoms with Gasteiger partial charge in [-0.05, 0) is 19.3 Å². The predicted octanol–water partition coefficient (Wildman–Crippen LogP) is -1.07. The van der Waals surface area contributed by atoms with Gasteiger partial charge in [0.2, 0.25) is 0 Å². The number of ether oxygens (including phenoxy) is 1. The van der Waals surface area contributed by atoms with Crippen LogP contribution in [0.5, 0.6) is 0 Å². The largest absolute Gasteiger partial charge is 0.467 e. The van der Waals surface area contributed by atoms with Crippen molar-refractivity contribution in [2.75, 3.05) is 7.11 Å². The number of carbonyl (C=O) groups excluding carboxylic acids is 1. The molecule has 80 valence electrons. The zero-order valence-electron chi connectivity index (χ0n) is 8.32. The summed E-state index contributed by atoms with van der Waals surface area (Å²) in [6, 6.07) is 0.962. The molecule has 0 aromatic rings. The Morgan fingerprint density at radius 1 is 1.36 bits per heavy atom. The van der Waals surface area contributed by atoms with Crippen LogP contribution in [0, 0.1) is 0 Å². The topological polar surface area (TPSA) is 76.4 Å². The van der Waals surface area contributed by atoms with E-state index in [1.165, 1.54) is 7.11 Å². The summed E-state index contributed by atoms with van der Waals surface area (Å²) in [4.78, 5) is 11.3. The van der Waals surface area contributed by atoms with E-state index < -0.39 is 0 Å². The van der Waals surface area contributed by atoms with Crippen molar-refractivity contribution < 1.29 is 9.53 Å². The van der Waals surface area contributed by atoms with E-state index in [-0.39, 0.29) is 18.2 Å². The molecular formula is C9H17N3O2. The van der Waals surface area contributed by atoms with Crippen molar-refractivity contribution in [1.82, 2.24) is 10.6 Å². The maximum atomic E-state index is 11.3. The number of nitrogens with two attached hydrogens (primary N) is 1. The minimum Gasteiger partial charge on any atom is -0.467 e. The number of methoxy groups -OCH3 is 1. The van der Waals surface area contributed by atoms with E-state index in [1.807, 2.05) is 0 Å². The van der Waals surface area contributed by atoms with E-state index in [0.717, 1.165) is 19.3 Å². The molecule has 14 heavy (non-hydrogen) atoms. The lowest BCUT2D eigenvalue weighted by molar-refractivity contribution is -0.143. The van der Waals surface area contributed by atoms with Gasteiger partial charge in [0, 0.05) is 18.1 Å². The molecular weight excluding hydrogens is 182 g/mol. The van der Waals surface area contributed by atoms with Gasteiger partial charge in [0.05, 0.1) is 7.11 Å². The Kier molecular flexibility index (Phi) is 2.71. The molecule has 1 aliphatic heterocycles. The second-order valence-corrected chi connectivity index (χ2v) is 4.08. The van der Waals surface area contributed by atoms with Crippen LogP contribution in [0.25, 0.3) is 0 Å². The summed E-state index contributed by atoms with van der Waals surface area (Å²) in [5.41, 5.74) is 5.86. The third kappa shape index (κ3) is 1.75. The third-order valence-corrected chi connectivity index (χ3v) is 3.09. The molecule has 2 fully saturated rings. The highest BCUT2D eigenvalue weighted by molar-refractivity contribution is 5.75. The van der Waals surface area contributed by atoms with Gasteiger partial charge >= 0.3 is 5.97 Å². The van der Waals surface area contributed by atoms with Crippen molar-refractivity contribution >= 4 is 5.97 Å². The normalized spacial score (nSPS) is 41.9. The van der Waals surface area contributed by atoms with Crippen molar-refractivity contribution in [3.63, 3.8) is 0 Å². The Morgan fingerprint density at radius 2 is 2.07 bits per heavy atom. The molecule has 1 saturated carbocycles. The molecule has 4 N–H and O–H groups in total. The molecule has 4 unspecified atom stereocenters. The number of esters is 1. The summed E-state index contributed by atoms with van der Waals surface area (Å²) in [6.07, 6.45) is 2.65. The molecule has 5 heteroatoms. The van der Waals surface area contributed by atoms with E-state index in [2.05, 4.69) is 15.4 Å². The molecule has 2 rings (SSSR count). The zero-order valence-corrected chi connectivity index (χ0v) is 8.32. The number of hydrogen-bond acceptors (Lipinski definition) is 5. The Hall–Kier alpha value is -0.650. The Labute approximate surface area is 83.4 Å². The first-order valence-electron chi connectivity index (χ1n) is 5.06. The van der Waals surface area contributed by atoms with Crippen LogP contribution >= 0.6 is 0 Å². The molecule has 0 bridgehead atoms. The van der Waals surface area contributed by atoms with Gasteiger partial charge in [-0.2, -0.15) is 0 Å². The molecule has 0 aromatic heterocycles. The molecule has 0 radical (unpaired) electrons. The minimum atomic E-state index is -0.347. The highest BCUT2D eigenvalue weighted by Crippen LogP contribution is 2.22. The fourth-order valence-corrected chi connectivity index (χ4v) is 2.32. The van der Waals surface area contributed by atoms with Gasteiger partial charge in [0.1, 0.15) is 0 Å². The second kappa shape index (κ2) is 3.84. The summed E-state index contributed by atoms with van der Waals surface area (Å²) >= 11 is 0. The second-order valence-electron chi connectivity index (χ2n) is 4.08. The molecule has 0 amide bonds. The monoisotopic (exact) mass is 199 g/mol. The van der Waals surface area contributed by atoms with Gasteiger partial charge in [-0.25, -0.2) is 4.79 Å². The maximum absolute atomic E-state index is 11.3. The molecule has 0 aromatic carbocycles. The van der Waals surface area contributed by atoms with Gasteiger partial charge in [-0.1, -0.05) is 0 Å². The van der Waals surface area contributed by atoms with Gasteiger partial charge in [0.15, 0.2) is 6.17 Å². The first-order chi connectivity index (χ1) is 6.70. The maximum Gasteiger partial charge on any atom is 0.337 e. The molecule has 1 heterocycles. The molecule has 5 nitrogen and oxygen atoms in total. The highest BCUT2D eigenvalue weighted by Gasteiger charge is 2.39. The van der Waals surface area contributed by atoms with E-state index in [0.29, 0.717) is 12.1 Å². The predicted molar refractivity (Wildman–Crippen MR) is 51.5 cm³/mol. The Bertz CT molecular complexity index is 234. The first-order valence-corrected chi connectivity index (χ1v) is 5.06. The summed E-state index contributed by atoms with van der Waals surface area (Å²) in [6.45, 7) is 0. The highest BCUT2D eigenvalue weighted by atomic mass is 16.5. The fraction of sp³-hybridized carbons (Fsp3) is 0.889. The lowest BCUT2D eigenvalue weighted by Crippen LogP contribution is -2.44. The average Bonchev–Trinajstić information content (AvgIpc) is 2.59. The van der Waals surface area contributed by atoms with E-state index in [9.17, 15) is 4.79 Å². The SMILES string of the molecule is COC(=O)C1NC2CCC(N)CC2N1. The van der Waals surface area contributed by atoms with E-state index in [4.69, 9.17) is 5.73 Å². The Morgan fingerprint density at radius 3 is 2.79 bits per heavy atom. The van der Waals surface area contributed by atoms with Crippen LogP contribution in [-0.2, 0) is 9.53 Å². The van der Waals surface area contributed by atoms with Crippen LogP contribution in [0.4, 0.5) is 0 Å². The first kappa shape index (κ1) is 9.89. The van der Waals surface area contributed by atoms with E-state index >= 15 is 0 Å². The van der Waals surface area contributed by atoms with Crippen molar-refractivity contribution in [2.24, 2.45) is 5.73 Å². The van der Waals surface area contributed by atoms with E-state index in [1.54, 1.807) is 0 Å². The average molecular weight is 199 g/mol. The summed E-state index contributed by atoms with van der Waals surface area (Å²) < 4.78 is 4.67. The molecule has 1 aliphatic carbocycles. The van der Waals surface area contributed by atoms with Crippen LogP contribution in [-0.4, -0.2) is 37.4 Å². The minimum absolute atomic E-state index is 0.243. The van der Waals surface area contributed by atoms with Gasteiger partial charge in [-0.15, -0.1) is 0 Å². The number of fused-ring (bicyclic) bond motifs is 1. The lowest BCUT2D eigenvalue weighted by Gasteiger charge is -2.28. The number of carbonyl (C=O) groups is 1. The molecule has 2 aliphatic rings. The van der Waals surface area contributed by atoms with Gasteiger partial charge in [0.25, 0.3) is 0 Å². The van der Waals surface area contributed by atoms with Crippen molar-refractivity contribution in [2.45, 2.75) is 43.6 Å². The zero-order chi connectivity index (χ0) is 10.1. The van der Waals surface area contributed by atoms with Gasteiger partial charge in [-0.3, -0.25) is 10.6 Å². The molecule has 1 saturated heterocycles.